The summed E-state index contributed by atoms with van der Waals surface area (Å²) in [5, 5.41) is 8.71. The van der Waals surface area contributed by atoms with Gasteiger partial charge in [0.25, 0.3) is 0 Å². The predicted molar refractivity (Wildman–Crippen MR) is 53.8 cm³/mol. The first-order valence-corrected chi connectivity index (χ1v) is 3.63. The number of methoxy groups -OCH3 is 2. The predicted octanol–water partition coefficient (Wildman–Crippen LogP) is 1.82. The zero-order chi connectivity index (χ0) is 9.84. The van der Waals surface area contributed by atoms with E-state index in [1.165, 1.54) is 26.4 Å². The summed E-state index contributed by atoms with van der Waals surface area (Å²) in [5.41, 5.74) is 0.149. The Balaban J connectivity index is 0.00000169. The van der Waals surface area contributed by atoms with Crippen LogP contribution in [-0.2, 0) is 0 Å². The Morgan fingerprint density at radius 3 is 1.86 bits per heavy atom. The molecule has 0 radical (unpaired) electrons. The second-order valence-electron chi connectivity index (χ2n) is 2.41. The van der Waals surface area contributed by atoms with Gasteiger partial charge in [0, 0.05) is 6.07 Å². The zero-order valence-corrected chi connectivity index (χ0v) is 8.63. The van der Waals surface area contributed by atoms with Gasteiger partial charge in [-0.05, 0) is 12.1 Å². The average Bonchev–Trinajstić information content (AvgIpc) is 2.16. The van der Waals surface area contributed by atoms with Crippen molar-refractivity contribution in [2.45, 2.75) is 0 Å². The molecule has 0 aliphatic carbocycles. The molecule has 0 spiro atoms. The van der Waals surface area contributed by atoms with Crippen molar-refractivity contribution in [3.8, 4) is 11.5 Å². The zero-order valence-electron chi connectivity index (χ0n) is 7.81. The summed E-state index contributed by atoms with van der Waals surface area (Å²) < 4.78 is 9.81. The van der Waals surface area contributed by atoms with E-state index in [1.807, 2.05) is 0 Å². The second-order valence-corrected chi connectivity index (χ2v) is 2.41. The highest BCUT2D eigenvalue weighted by molar-refractivity contribution is 5.88. The lowest BCUT2D eigenvalue weighted by Crippen LogP contribution is -1.98. The summed E-state index contributed by atoms with van der Waals surface area (Å²) in [7, 11) is 2.95. The number of hydrogen-bond donors (Lipinski definition) is 1. The van der Waals surface area contributed by atoms with Gasteiger partial charge in [0.2, 0.25) is 0 Å². The minimum atomic E-state index is -1.00. The van der Waals surface area contributed by atoms with Gasteiger partial charge in [0.05, 0.1) is 19.8 Å². The number of carboxylic acids is 1. The first-order valence-electron chi connectivity index (χ1n) is 3.63. The molecule has 0 saturated carbocycles. The third kappa shape index (κ3) is 2.81. The molecular formula is C9H11ClO4. The second kappa shape index (κ2) is 5.34. The van der Waals surface area contributed by atoms with E-state index in [-0.39, 0.29) is 18.0 Å². The number of ether oxygens (including phenoxy) is 2. The van der Waals surface area contributed by atoms with Crippen molar-refractivity contribution in [3.63, 3.8) is 0 Å². The van der Waals surface area contributed by atoms with Gasteiger partial charge in [0.1, 0.15) is 11.5 Å². The molecule has 0 heterocycles. The highest BCUT2D eigenvalue weighted by Gasteiger charge is 2.07. The highest BCUT2D eigenvalue weighted by Crippen LogP contribution is 2.22. The van der Waals surface area contributed by atoms with E-state index in [9.17, 15) is 4.79 Å². The number of hydrogen-bond acceptors (Lipinski definition) is 3. The van der Waals surface area contributed by atoms with Crippen molar-refractivity contribution in [2.24, 2.45) is 0 Å². The summed E-state index contributed by atoms with van der Waals surface area (Å²) in [6, 6.07) is 4.49. The van der Waals surface area contributed by atoms with Gasteiger partial charge in [0.15, 0.2) is 0 Å². The monoisotopic (exact) mass is 218 g/mol. The molecule has 0 atom stereocenters. The van der Waals surface area contributed by atoms with Gasteiger partial charge in [-0.1, -0.05) is 0 Å². The van der Waals surface area contributed by atoms with Gasteiger partial charge in [-0.2, -0.15) is 0 Å². The van der Waals surface area contributed by atoms with Crippen LogP contribution in [0.3, 0.4) is 0 Å². The van der Waals surface area contributed by atoms with Gasteiger partial charge in [-0.25, -0.2) is 4.79 Å². The van der Waals surface area contributed by atoms with E-state index in [4.69, 9.17) is 14.6 Å². The van der Waals surface area contributed by atoms with E-state index in [0.29, 0.717) is 11.5 Å². The molecule has 1 rings (SSSR count). The van der Waals surface area contributed by atoms with Crippen molar-refractivity contribution in [1.29, 1.82) is 0 Å². The minimum absolute atomic E-state index is 0. The number of aromatic carboxylic acids is 1. The number of rotatable bonds is 3. The van der Waals surface area contributed by atoms with Crippen LogP contribution in [0, 0.1) is 0 Å². The van der Waals surface area contributed by atoms with Crippen molar-refractivity contribution >= 4 is 18.4 Å². The molecule has 1 aromatic carbocycles. The fourth-order valence-corrected chi connectivity index (χ4v) is 0.931. The molecule has 0 bridgehead atoms. The molecule has 0 unspecified atom stereocenters. The Bertz CT molecular complexity index is 302. The number of carboxylic acid groups (broad SMARTS) is 1. The fourth-order valence-electron chi connectivity index (χ4n) is 0.931. The quantitative estimate of drug-likeness (QED) is 0.841. The highest BCUT2D eigenvalue weighted by atomic mass is 35.5. The van der Waals surface area contributed by atoms with Crippen LogP contribution in [0.15, 0.2) is 18.2 Å². The summed E-state index contributed by atoms with van der Waals surface area (Å²) in [6.07, 6.45) is 0. The minimum Gasteiger partial charge on any atom is -0.497 e. The largest absolute Gasteiger partial charge is 0.497 e. The normalized spacial score (nSPS) is 8.71. The molecule has 14 heavy (non-hydrogen) atoms. The Hall–Kier alpha value is -1.42. The molecule has 0 aromatic heterocycles. The molecule has 0 saturated heterocycles. The smallest absolute Gasteiger partial charge is 0.335 e. The van der Waals surface area contributed by atoms with E-state index in [2.05, 4.69) is 0 Å². The molecule has 1 aromatic rings. The first-order chi connectivity index (χ1) is 6.17. The number of carbonyl (C=O) groups is 1. The molecule has 0 aliphatic rings. The SMILES string of the molecule is COc1cc(OC)cc(C(=O)O)c1.Cl. The Morgan fingerprint density at radius 2 is 1.57 bits per heavy atom. The van der Waals surface area contributed by atoms with E-state index in [1.54, 1.807) is 6.07 Å². The van der Waals surface area contributed by atoms with Crippen LogP contribution in [-0.4, -0.2) is 25.3 Å². The molecule has 1 N–H and O–H groups in total. The first kappa shape index (κ1) is 12.6. The van der Waals surface area contributed by atoms with Crippen LogP contribution in [0.5, 0.6) is 11.5 Å². The molecule has 0 fully saturated rings. The summed E-state index contributed by atoms with van der Waals surface area (Å²) in [6.45, 7) is 0. The third-order valence-corrected chi connectivity index (χ3v) is 1.60. The van der Waals surface area contributed by atoms with Gasteiger partial charge >= 0.3 is 5.97 Å². The standard InChI is InChI=1S/C9H10O4.ClH/c1-12-7-3-6(9(10)11)4-8(5-7)13-2;/h3-5H,1-2H3,(H,10,11);1H. The number of halogens is 1. The van der Waals surface area contributed by atoms with Crippen molar-refractivity contribution in [3.05, 3.63) is 23.8 Å². The molecular weight excluding hydrogens is 208 g/mol. The van der Waals surface area contributed by atoms with E-state index in [0.717, 1.165) is 0 Å². The van der Waals surface area contributed by atoms with Crippen LogP contribution in [0.25, 0.3) is 0 Å². The van der Waals surface area contributed by atoms with Crippen LogP contribution in [0.4, 0.5) is 0 Å². The average molecular weight is 219 g/mol. The molecule has 4 nitrogen and oxygen atoms in total. The van der Waals surface area contributed by atoms with Crippen LogP contribution < -0.4 is 9.47 Å². The maximum absolute atomic E-state index is 10.6. The van der Waals surface area contributed by atoms with Crippen molar-refractivity contribution in [1.82, 2.24) is 0 Å². The van der Waals surface area contributed by atoms with Gasteiger partial charge < -0.3 is 14.6 Å². The lowest BCUT2D eigenvalue weighted by Gasteiger charge is -2.05. The maximum atomic E-state index is 10.6. The van der Waals surface area contributed by atoms with Crippen molar-refractivity contribution in [2.75, 3.05) is 14.2 Å². The number of benzene rings is 1. The summed E-state index contributed by atoms with van der Waals surface area (Å²) in [5.74, 6) is -0.0642. The Kier molecular flexibility index (Phi) is 4.80. The van der Waals surface area contributed by atoms with Crippen LogP contribution >= 0.6 is 12.4 Å². The molecule has 0 aliphatic heterocycles. The Morgan fingerprint density at radius 1 is 1.14 bits per heavy atom. The summed E-state index contributed by atoms with van der Waals surface area (Å²) >= 11 is 0. The van der Waals surface area contributed by atoms with E-state index >= 15 is 0 Å². The lowest BCUT2D eigenvalue weighted by molar-refractivity contribution is 0.0696. The van der Waals surface area contributed by atoms with Crippen LogP contribution in [0.1, 0.15) is 10.4 Å². The van der Waals surface area contributed by atoms with Crippen LogP contribution in [0.2, 0.25) is 0 Å². The van der Waals surface area contributed by atoms with E-state index < -0.39 is 5.97 Å². The maximum Gasteiger partial charge on any atom is 0.335 e. The van der Waals surface area contributed by atoms with Gasteiger partial charge in [-0.15, -0.1) is 12.4 Å². The Labute approximate surface area is 87.9 Å². The molecule has 5 heteroatoms. The summed E-state index contributed by atoms with van der Waals surface area (Å²) in [4.78, 5) is 10.6. The topological polar surface area (TPSA) is 55.8 Å². The third-order valence-electron chi connectivity index (χ3n) is 1.60. The fraction of sp³-hybridized carbons (Fsp3) is 0.222. The lowest BCUT2D eigenvalue weighted by atomic mass is 10.2. The molecule has 78 valence electrons. The van der Waals surface area contributed by atoms with Gasteiger partial charge in [-0.3, -0.25) is 0 Å². The van der Waals surface area contributed by atoms with Crippen molar-refractivity contribution < 1.29 is 19.4 Å². The molecule has 0 amide bonds.